The number of hydrogen-bond acceptors (Lipinski definition) is 2. The Morgan fingerprint density at radius 3 is 2.67 bits per heavy atom. The number of amides is 1. The minimum absolute atomic E-state index is 0.0535. The summed E-state index contributed by atoms with van der Waals surface area (Å²) in [6.45, 7) is 0. The lowest BCUT2D eigenvalue weighted by molar-refractivity contribution is 0.0943. The highest BCUT2D eigenvalue weighted by Crippen LogP contribution is 2.22. The van der Waals surface area contributed by atoms with Crippen molar-refractivity contribution < 1.29 is 13.6 Å². The summed E-state index contributed by atoms with van der Waals surface area (Å²) < 4.78 is 26.6. The Hall–Kier alpha value is -1.65. The van der Waals surface area contributed by atoms with Gasteiger partial charge in [0.05, 0.1) is 5.69 Å². The van der Waals surface area contributed by atoms with Crippen molar-refractivity contribution >= 4 is 11.6 Å². The Labute approximate surface area is 85.3 Å². The summed E-state index contributed by atoms with van der Waals surface area (Å²) in [4.78, 5) is 11.4. The number of halogens is 2. The van der Waals surface area contributed by atoms with Crippen LogP contribution in [0.15, 0.2) is 12.1 Å². The van der Waals surface area contributed by atoms with Crippen LogP contribution in [0, 0.1) is 11.6 Å². The fourth-order valence-electron chi connectivity index (χ4n) is 1.26. The molecular weight excluding hydrogens is 202 g/mol. The predicted octanol–water partition coefficient (Wildman–Crippen LogP) is 1.44. The van der Waals surface area contributed by atoms with Crippen molar-refractivity contribution in [1.29, 1.82) is 0 Å². The quantitative estimate of drug-likeness (QED) is 0.729. The minimum Gasteiger partial charge on any atom is -0.396 e. The highest BCUT2D eigenvalue weighted by atomic mass is 19.1. The molecule has 80 valence electrons. The third kappa shape index (κ3) is 1.91. The van der Waals surface area contributed by atoms with E-state index in [-0.39, 0.29) is 11.7 Å². The van der Waals surface area contributed by atoms with E-state index in [0.29, 0.717) is 0 Å². The van der Waals surface area contributed by atoms with Gasteiger partial charge >= 0.3 is 0 Å². The molecule has 1 aromatic carbocycles. The first-order valence-electron chi connectivity index (χ1n) is 4.64. The topological polar surface area (TPSA) is 55.1 Å². The molecule has 0 heterocycles. The fourth-order valence-corrected chi connectivity index (χ4v) is 1.26. The van der Waals surface area contributed by atoms with Crippen molar-refractivity contribution in [3.8, 4) is 0 Å². The summed E-state index contributed by atoms with van der Waals surface area (Å²) in [5.41, 5.74) is 4.43. The standard InChI is InChI=1S/C10H10F2N2O/c11-6-3-4-7(13)9(12)8(6)10(15)14-5-1-2-5/h3-5H,1-2,13H2,(H,14,15). The Kier molecular flexibility index (Phi) is 2.30. The van der Waals surface area contributed by atoms with E-state index in [4.69, 9.17) is 5.73 Å². The molecule has 1 aliphatic carbocycles. The summed E-state index contributed by atoms with van der Waals surface area (Å²) in [6.07, 6.45) is 1.72. The van der Waals surface area contributed by atoms with Crippen molar-refractivity contribution in [2.75, 3.05) is 5.73 Å². The van der Waals surface area contributed by atoms with Crippen LogP contribution in [-0.4, -0.2) is 11.9 Å². The first-order chi connectivity index (χ1) is 7.09. The summed E-state index contributed by atoms with van der Waals surface area (Å²) in [5, 5.41) is 2.50. The molecule has 3 N–H and O–H groups in total. The van der Waals surface area contributed by atoms with Crippen molar-refractivity contribution in [1.82, 2.24) is 5.32 Å². The molecule has 5 heteroatoms. The van der Waals surface area contributed by atoms with Crippen LogP contribution >= 0.6 is 0 Å². The van der Waals surface area contributed by atoms with Crippen LogP contribution in [0.3, 0.4) is 0 Å². The van der Waals surface area contributed by atoms with Gasteiger partial charge in [0, 0.05) is 6.04 Å². The number of anilines is 1. The van der Waals surface area contributed by atoms with Crippen LogP contribution in [-0.2, 0) is 0 Å². The maximum Gasteiger partial charge on any atom is 0.257 e. The zero-order chi connectivity index (χ0) is 11.0. The molecule has 1 fully saturated rings. The van der Waals surface area contributed by atoms with E-state index in [1.807, 2.05) is 0 Å². The van der Waals surface area contributed by atoms with Crippen LogP contribution in [0.2, 0.25) is 0 Å². The molecule has 1 amide bonds. The number of carbonyl (C=O) groups is 1. The fraction of sp³-hybridized carbons (Fsp3) is 0.300. The van der Waals surface area contributed by atoms with Crippen molar-refractivity contribution in [2.45, 2.75) is 18.9 Å². The number of nitrogens with one attached hydrogen (secondary N) is 1. The smallest absolute Gasteiger partial charge is 0.257 e. The van der Waals surface area contributed by atoms with Gasteiger partial charge in [-0.2, -0.15) is 0 Å². The molecule has 0 radical (unpaired) electrons. The van der Waals surface area contributed by atoms with Crippen molar-refractivity contribution in [3.63, 3.8) is 0 Å². The molecule has 0 spiro atoms. The van der Waals surface area contributed by atoms with Crippen LogP contribution in [0.25, 0.3) is 0 Å². The van der Waals surface area contributed by atoms with Gasteiger partial charge in [0.1, 0.15) is 11.4 Å². The van der Waals surface area contributed by atoms with Gasteiger partial charge < -0.3 is 11.1 Å². The van der Waals surface area contributed by atoms with E-state index in [2.05, 4.69) is 5.32 Å². The molecule has 0 unspecified atom stereocenters. The molecule has 0 aromatic heterocycles. The maximum absolute atomic E-state index is 13.4. The third-order valence-corrected chi connectivity index (χ3v) is 2.26. The number of carbonyl (C=O) groups excluding carboxylic acids is 1. The number of rotatable bonds is 2. The average molecular weight is 212 g/mol. The van der Waals surface area contributed by atoms with E-state index in [0.717, 1.165) is 25.0 Å². The van der Waals surface area contributed by atoms with Crippen LogP contribution < -0.4 is 11.1 Å². The lowest BCUT2D eigenvalue weighted by Gasteiger charge is -2.07. The van der Waals surface area contributed by atoms with Gasteiger partial charge in [0.15, 0.2) is 5.82 Å². The highest BCUT2D eigenvalue weighted by Gasteiger charge is 2.27. The van der Waals surface area contributed by atoms with Crippen LogP contribution in [0.1, 0.15) is 23.2 Å². The zero-order valence-electron chi connectivity index (χ0n) is 7.89. The molecule has 1 saturated carbocycles. The number of nitrogen functional groups attached to an aromatic ring is 1. The molecule has 0 aliphatic heterocycles. The van der Waals surface area contributed by atoms with Gasteiger partial charge in [0.2, 0.25) is 0 Å². The molecule has 0 saturated heterocycles. The van der Waals surface area contributed by atoms with E-state index in [1.165, 1.54) is 0 Å². The van der Waals surface area contributed by atoms with Gasteiger partial charge in [-0.15, -0.1) is 0 Å². The lowest BCUT2D eigenvalue weighted by Crippen LogP contribution is -2.27. The van der Waals surface area contributed by atoms with Gasteiger partial charge in [-0.1, -0.05) is 0 Å². The van der Waals surface area contributed by atoms with Gasteiger partial charge in [0.25, 0.3) is 5.91 Å². The summed E-state index contributed by atoms with van der Waals surface area (Å²) in [5.74, 6) is -2.62. The summed E-state index contributed by atoms with van der Waals surface area (Å²) in [6, 6.07) is 2.14. The average Bonchev–Trinajstić information content (AvgIpc) is 2.96. The first kappa shape index (κ1) is 9.89. The molecule has 1 aromatic rings. The molecule has 3 nitrogen and oxygen atoms in total. The minimum atomic E-state index is -0.992. The normalized spacial score (nSPS) is 15.1. The molecule has 0 atom stereocenters. The Balaban J connectivity index is 2.32. The van der Waals surface area contributed by atoms with E-state index < -0.39 is 23.1 Å². The maximum atomic E-state index is 13.4. The SMILES string of the molecule is Nc1ccc(F)c(C(=O)NC2CC2)c1F. The van der Waals surface area contributed by atoms with E-state index >= 15 is 0 Å². The monoisotopic (exact) mass is 212 g/mol. The Morgan fingerprint density at radius 2 is 2.07 bits per heavy atom. The number of hydrogen-bond donors (Lipinski definition) is 2. The zero-order valence-corrected chi connectivity index (χ0v) is 7.89. The third-order valence-electron chi connectivity index (χ3n) is 2.26. The van der Waals surface area contributed by atoms with Gasteiger partial charge in [-0.25, -0.2) is 8.78 Å². The first-order valence-corrected chi connectivity index (χ1v) is 4.64. The van der Waals surface area contributed by atoms with Crippen molar-refractivity contribution in [2.24, 2.45) is 0 Å². The largest absolute Gasteiger partial charge is 0.396 e. The number of nitrogens with two attached hydrogens (primary N) is 1. The van der Waals surface area contributed by atoms with Crippen LogP contribution in [0.4, 0.5) is 14.5 Å². The molecule has 2 rings (SSSR count). The second kappa shape index (κ2) is 3.49. The van der Waals surface area contributed by atoms with Gasteiger partial charge in [-0.05, 0) is 25.0 Å². The van der Waals surface area contributed by atoms with E-state index in [9.17, 15) is 13.6 Å². The predicted molar refractivity (Wildman–Crippen MR) is 51.3 cm³/mol. The molecular formula is C10H10F2N2O. The lowest BCUT2D eigenvalue weighted by atomic mass is 10.1. The Bertz CT molecular complexity index is 416. The van der Waals surface area contributed by atoms with Crippen molar-refractivity contribution in [3.05, 3.63) is 29.3 Å². The Morgan fingerprint density at radius 1 is 1.40 bits per heavy atom. The molecule has 0 bridgehead atoms. The second-order valence-corrected chi connectivity index (χ2v) is 3.57. The van der Waals surface area contributed by atoms with Crippen LogP contribution in [0.5, 0.6) is 0 Å². The number of benzene rings is 1. The second-order valence-electron chi connectivity index (χ2n) is 3.57. The highest BCUT2D eigenvalue weighted by molar-refractivity contribution is 5.96. The van der Waals surface area contributed by atoms with Gasteiger partial charge in [-0.3, -0.25) is 4.79 Å². The summed E-state index contributed by atoms with van der Waals surface area (Å²) in [7, 11) is 0. The molecule has 15 heavy (non-hydrogen) atoms. The molecule has 1 aliphatic rings. The van der Waals surface area contributed by atoms with E-state index in [1.54, 1.807) is 0 Å². The summed E-state index contributed by atoms with van der Waals surface area (Å²) >= 11 is 0.